The second-order valence-electron chi connectivity index (χ2n) is 4.85. The lowest BCUT2D eigenvalue weighted by Crippen LogP contribution is -2.18. The van der Waals surface area contributed by atoms with Gasteiger partial charge in [-0.15, -0.1) is 5.10 Å². The Kier molecular flexibility index (Phi) is 4.16. The molecule has 2 aromatic rings. The van der Waals surface area contributed by atoms with Crippen LogP contribution in [0.1, 0.15) is 30.6 Å². The van der Waals surface area contributed by atoms with Gasteiger partial charge in [0.25, 0.3) is 0 Å². The van der Waals surface area contributed by atoms with Crippen LogP contribution in [0.3, 0.4) is 0 Å². The highest BCUT2D eigenvalue weighted by Crippen LogP contribution is 2.22. The SMILES string of the molecule is CCCn1nncc1C(N)c1cccc(N(C)C)c1. The molecule has 1 heterocycles. The Morgan fingerprint density at radius 2 is 2.16 bits per heavy atom. The number of benzene rings is 1. The van der Waals surface area contributed by atoms with Crippen molar-refractivity contribution >= 4 is 5.69 Å². The van der Waals surface area contributed by atoms with E-state index in [1.165, 1.54) is 0 Å². The first-order valence-corrected chi connectivity index (χ1v) is 6.54. The van der Waals surface area contributed by atoms with E-state index in [0.29, 0.717) is 0 Å². The van der Waals surface area contributed by atoms with E-state index in [9.17, 15) is 0 Å². The van der Waals surface area contributed by atoms with E-state index >= 15 is 0 Å². The Morgan fingerprint density at radius 3 is 2.84 bits per heavy atom. The van der Waals surface area contributed by atoms with Gasteiger partial charge in [0, 0.05) is 26.3 Å². The van der Waals surface area contributed by atoms with Crippen molar-refractivity contribution in [1.82, 2.24) is 15.0 Å². The number of aromatic nitrogens is 3. The molecule has 0 saturated carbocycles. The van der Waals surface area contributed by atoms with Gasteiger partial charge in [-0.25, -0.2) is 4.68 Å². The molecule has 0 aliphatic rings. The van der Waals surface area contributed by atoms with Crippen LogP contribution in [0.25, 0.3) is 0 Å². The smallest absolute Gasteiger partial charge is 0.0799 e. The van der Waals surface area contributed by atoms with Crippen molar-refractivity contribution in [1.29, 1.82) is 0 Å². The molecule has 1 aromatic heterocycles. The van der Waals surface area contributed by atoms with Gasteiger partial charge in [0.15, 0.2) is 0 Å². The first-order valence-electron chi connectivity index (χ1n) is 6.54. The van der Waals surface area contributed by atoms with Crippen molar-refractivity contribution in [2.24, 2.45) is 5.73 Å². The molecule has 2 rings (SSSR count). The van der Waals surface area contributed by atoms with Crippen LogP contribution >= 0.6 is 0 Å². The Hall–Kier alpha value is -1.88. The lowest BCUT2D eigenvalue weighted by Gasteiger charge is -2.17. The normalized spacial score (nSPS) is 12.4. The maximum absolute atomic E-state index is 6.34. The van der Waals surface area contributed by atoms with E-state index in [2.05, 4.69) is 34.3 Å². The zero-order chi connectivity index (χ0) is 13.8. The highest BCUT2D eigenvalue weighted by molar-refractivity contribution is 5.48. The van der Waals surface area contributed by atoms with Gasteiger partial charge in [0.1, 0.15) is 0 Å². The number of rotatable bonds is 5. The fourth-order valence-corrected chi connectivity index (χ4v) is 2.06. The number of aryl methyl sites for hydroxylation is 1. The maximum Gasteiger partial charge on any atom is 0.0799 e. The summed E-state index contributed by atoms with van der Waals surface area (Å²) in [6, 6.07) is 8.05. The maximum atomic E-state index is 6.34. The van der Waals surface area contributed by atoms with Crippen LogP contribution in [0.2, 0.25) is 0 Å². The molecular weight excluding hydrogens is 238 g/mol. The van der Waals surface area contributed by atoms with Crippen LogP contribution in [-0.4, -0.2) is 29.1 Å². The lowest BCUT2D eigenvalue weighted by molar-refractivity contribution is 0.543. The number of anilines is 1. The summed E-state index contributed by atoms with van der Waals surface area (Å²) in [6.07, 6.45) is 2.77. The minimum Gasteiger partial charge on any atom is -0.378 e. The molecule has 0 fully saturated rings. The summed E-state index contributed by atoms with van der Waals surface area (Å²) in [5.41, 5.74) is 9.51. The van der Waals surface area contributed by atoms with E-state index in [-0.39, 0.29) is 6.04 Å². The van der Waals surface area contributed by atoms with Gasteiger partial charge in [-0.2, -0.15) is 0 Å². The Bertz CT molecular complexity index is 532. The molecule has 1 atom stereocenters. The number of nitrogens with zero attached hydrogens (tertiary/aromatic N) is 4. The van der Waals surface area contributed by atoms with Gasteiger partial charge in [0.05, 0.1) is 17.9 Å². The minimum atomic E-state index is -0.193. The fourth-order valence-electron chi connectivity index (χ4n) is 2.06. The zero-order valence-corrected chi connectivity index (χ0v) is 11.7. The zero-order valence-electron chi connectivity index (χ0n) is 11.7. The predicted molar refractivity (Wildman–Crippen MR) is 77.1 cm³/mol. The molecule has 0 aliphatic heterocycles. The van der Waals surface area contributed by atoms with Gasteiger partial charge < -0.3 is 10.6 Å². The summed E-state index contributed by atoms with van der Waals surface area (Å²) in [6.45, 7) is 2.96. The van der Waals surface area contributed by atoms with Gasteiger partial charge in [-0.3, -0.25) is 0 Å². The Balaban J connectivity index is 2.30. The topological polar surface area (TPSA) is 60.0 Å². The Morgan fingerprint density at radius 1 is 1.37 bits per heavy atom. The second-order valence-corrected chi connectivity index (χ2v) is 4.85. The molecule has 19 heavy (non-hydrogen) atoms. The Labute approximate surface area is 114 Å². The van der Waals surface area contributed by atoms with Crippen molar-refractivity contribution in [3.05, 3.63) is 41.7 Å². The third-order valence-electron chi connectivity index (χ3n) is 3.15. The lowest BCUT2D eigenvalue weighted by atomic mass is 10.0. The molecule has 0 aliphatic carbocycles. The monoisotopic (exact) mass is 259 g/mol. The van der Waals surface area contributed by atoms with Crippen molar-refractivity contribution in [3.8, 4) is 0 Å². The molecule has 5 nitrogen and oxygen atoms in total. The highest BCUT2D eigenvalue weighted by Gasteiger charge is 2.15. The van der Waals surface area contributed by atoms with Crippen LogP contribution in [0.15, 0.2) is 30.5 Å². The molecule has 0 radical (unpaired) electrons. The molecule has 0 amide bonds. The van der Waals surface area contributed by atoms with Gasteiger partial charge in [-0.1, -0.05) is 24.3 Å². The molecular formula is C14H21N5. The van der Waals surface area contributed by atoms with E-state index in [1.807, 2.05) is 30.9 Å². The third kappa shape index (κ3) is 2.93. The molecule has 5 heteroatoms. The minimum absolute atomic E-state index is 0.193. The van der Waals surface area contributed by atoms with Crippen LogP contribution < -0.4 is 10.6 Å². The van der Waals surface area contributed by atoms with Crippen LogP contribution in [0, 0.1) is 0 Å². The number of hydrogen-bond donors (Lipinski definition) is 1. The summed E-state index contributed by atoms with van der Waals surface area (Å²) in [5.74, 6) is 0. The summed E-state index contributed by atoms with van der Waals surface area (Å²) >= 11 is 0. The van der Waals surface area contributed by atoms with E-state index in [0.717, 1.165) is 29.9 Å². The first-order chi connectivity index (χ1) is 9.13. The molecule has 0 bridgehead atoms. The quantitative estimate of drug-likeness (QED) is 0.889. The molecule has 0 spiro atoms. The van der Waals surface area contributed by atoms with E-state index in [4.69, 9.17) is 5.73 Å². The summed E-state index contributed by atoms with van der Waals surface area (Å²) in [7, 11) is 4.04. The average Bonchev–Trinajstić information content (AvgIpc) is 2.86. The number of nitrogens with two attached hydrogens (primary N) is 1. The second kappa shape index (κ2) is 5.84. The van der Waals surface area contributed by atoms with E-state index < -0.39 is 0 Å². The van der Waals surface area contributed by atoms with Gasteiger partial charge >= 0.3 is 0 Å². The van der Waals surface area contributed by atoms with Crippen molar-refractivity contribution < 1.29 is 0 Å². The van der Waals surface area contributed by atoms with Crippen molar-refractivity contribution in [2.75, 3.05) is 19.0 Å². The standard InChI is InChI=1S/C14H21N5/c1-4-8-19-13(10-16-17-19)14(15)11-6-5-7-12(9-11)18(2)3/h5-7,9-10,14H,4,8,15H2,1-3H3. The largest absolute Gasteiger partial charge is 0.378 e. The molecule has 1 unspecified atom stereocenters. The summed E-state index contributed by atoms with van der Waals surface area (Å²) in [5, 5.41) is 8.05. The van der Waals surface area contributed by atoms with Crippen LogP contribution in [-0.2, 0) is 6.54 Å². The van der Waals surface area contributed by atoms with Crippen molar-refractivity contribution in [2.45, 2.75) is 25.9 Å². The molecule has 102 valence electrons. The summed E-state index contributed by atoms with van der Waals surface area (Å²) in [4.78, 5) is 2.07. The molecule has 2 N–H and O–H groups in total. The summed E-state index contributed by atoms with van der Waals surface area (Å²) < 4.78 is 1.88. The average molecular weight is 259 g/mol. The van der Waals surface area contributed by atoms with Gasteiger partial charge in [-0.05, 0) is 24.1 Å². The van der Waals surface area contributed by atoms with Crippen LogP contribution in [0.5, 0.6) is 0 Å². The van der Waals surface area contributed by atoms with Crippen molar-refractivity contribution in [3.63, 3.8) is 0 Å². The van der Waals surface area contributed by atoms with Crippen LogP contribution in [0.4, 0.5) is 5.69 Å². The number of hydrogen-bond acceptors (Lipinski definition) is 4. The first kappa shape index (κ1) is 13.5. The fraction of sp³-hybridized carbons (Fsp3) is 0.429. The highest BCUT2D eigenvalue weighted by atomic mass is 15.4. The molecule has 0 saturated heterocycles. The van der Waals surface area contributed by atoms with E-state index in [1.54, 1.807) is 6.20 Å². The van der Waals surface area contributed by atoms with Gasteiger partial charge in [0.2, 0.25) is 0 Å². The molecule has 1 aromatic carbocycles. The predicted octanol–water partition coefficient (Wildman–Crippen LogP) is 1.80. The third-order valence-corrected chi connectivity index (χ3v) is 3.15.